The van der Waals surface area contributed by atoms with Gasteiger partial charge >= 0.3 is 0 Å². The van der Waals surface area contributed by atoms with E-state index in [2.05, 4.69) is 35.7 Å². The highest BCUT2D eigenvalue weighted by Gasteiger charge is 2.46. The summed E-state index contributed by atoms with van der Waals surface area (Å²) >= 11 is 0. The molecule has 1 saturated heterocycles. The van der Waals surface area contributed by atoms with Crippen LogP contribution in [0.4, 0.5) is 0 Å². The van der Waals surface area contributed by atoms with Crippen molar-refractivity contribution in [2.75, 3.05) is 13.1 Å². The van der Waals surface area contributed by atoms with E-state index in [1.54, 1.807) is 13.8 Å². The van der Waals surface area contributed by atoms with Gasteiger partial charge in [-0.05, 0) is 63.1 Å². The molecule has 0 aromatic heterocycles. The Labute approximate surface area is 186 Å². The molecule has 31 heavy (non-hydrogen) atoms. The van der Waals surface area contributed by atoms with E-state index in [9.17, 15) is 14.9 Å². The van der Waals surface area contributed by atoms with Gasteiger partial charge in [0.1, 0.15) is 5.54 Å². The molecule has 1 saturated carbocycles. The van der Waals surface area contributed by atoms with Crippen LogP contribution in [0.5, 0.6) is 0 Å². The monoisotopic (exact) mass is 424 g/mol. The molecule has 0 spiro atoms. The van der Waals surface area contributed by atoms with Gasteiger partial charge in [-0.1, -0.05) is 50.6 Å². The molecule has 1 aromatic rings. The van der Waals surface area contributed by atoms with Crippen LogP contribution in [0.2, 0.25) is 0 Å². The second kappa shape index (κ2) is 9.82. The molecule has 2 fully saturated rings. The fourth-order valence-electron chi connectivity index (χ4n) is 5.13. The third-order valence-electron chi connectivity index (χ3n) is 7.28. The topological polar surface area (TPSA) is 99.2 Å². The van der Waals surface area contributed by atoms with Crippen LogP contribution in [-0.2, 0) is 9.59 Å². The molecule has 1 heterocycles. The number of hydrogen-bond donors (Lipinski definition) is 2. The van der Waals surface area contributed by atoms with Crippen molar-refractivity contribution in [2.24, 2.45) is 11.1 Å². The molecule has 2 aliphatic rings. The Kier molecular flexibility index (Phi) is 7.38. The molecule has 1 aliphatic heterocycles. The number of nitriles is 1. The Bertz CT molecular complexity index is 809. The number of nitrogens with zero attached hydrogens (tertiary/aromatic N) is 2. The first-order chi connectivity index (χ1) is 14.8. The standard InChI is InChI=1S/C25H36N4O2/c1-24(2,23(27)31)12-11-22(30)29(25(18-26)13-15-28-16-14-25)21-10-6-9-20(17-21)19-7-4-3-5-8-19/h3-5,7-8,20-21,28H,6,9-17H2,1-2H3,(H2,27,31). The van der Waals surface area contributed by atoms with Crippen molar-refractivity contribution >= 4 is 11.8 Å². The molecule has 0 radical (unpaired) electrons. The lowest BCUT2D eigenvalue weighted by Crippen LogP contribution is -2.60. The highest BCUT2D eigenvalue weighted by molar-refractivity contribution is 5.82. The number of nitrogens with one attached hydrogen (secondary N) is 1. The first kappa shape index (κ1) is 23.3. The maximum atomic E-state index is 13.6. The van der Waals surface area contributed by atoms with Crippen LogP contribution in [0.15, 0.2) is 30.3 Å². The minimum atomic E-state index is -0.775. The van der Waals surface area contributed by atoms with Crippen LogP contribution in [0.1, 0.15) is 76.7 Å². The van der Waals surface area contributed by atoms with Crippen LogP contribution in [0.25, 0.3) is 0 Å². The lowest BCUT2D eigenvalue weighted by atomic mass is 9.77. The van der Waals surface area contributed by atoms with Crippen molar-refractivity contribution in [1.29, 1.82) is 5.26 Å². The fraction of sp³-hybridized carbons (Fsp3) is 0.640. The molecule has 6 nitrogen and oxygen atoms in total. The van der Waals surface area contributed by atoms with Crippen LogP contribution >= 0.6 is 0 Å². The molecule has 0 bridgehead atoms. The molecule has 2 amide bonds. The van der Waals surface area contributed by atoms with Crippen molar-refractivity contribution in [2.45, 2.75) is 82.7 Å². The van der Waals surface area contributed by atoms with E-state index in [1.165, 1.54) is 5.56 Å². The third kappa shape index (κ3) is 5.27. The Balaban J connectivity index is 1.85. The minimum Gasteiger partial charge on any atom is -0.369 e. The Morgan fingerprint density at radius 1 is 1.23 bits per heavy atom. The van der Waals surface area contributed by atoms with Crippen LogP contribution in [-0.4, -0.2) is 41.4 Å². The SMILES string of the molecule is CC(C)(CCC(=O)N(C1CCCC(c2ccccc2)C1)C1(C#N)CCNCC1)C(N)=O. The Morgan fingerprint density at radius 3 is 2.52 bits per heavy atom. The van der Waals surface area contributed by atoms with E-state index < -0.39 is 16.9 Å². The number of rotatable bonds is 7. The van der Waals surface area contributed by atoms with Crippen molar-refractivity contribution < 1.29 is 9.59 Å². The molecular formula is C25H36N4O2. The predicted octanol–water partition coefficient (Wildman–Crippen LogP) is 3.48. The van der Waals surface area contributed by atoms with E-state index in [1.807, 2.05) is 11.0 Å². The summed E-state index contributed by atoms with van der Waals surface area (Å²) in [6.45, 7) is 5.03. The van der Waals surface area contributed by atoms with E-state index in [0.717, 1.165) is 38.8 Å². The summed E-state index contributed by atoms with van der Waals surface area (Å²) in [5, 5.41) is 13.6. The van der Waals surface area contributed by atoms with Gasteiger partial charge in [-0.15, -0.1) is 0 Å². The molecule has 1 aliphatic carbocycles. The second-order valence-corrected chi connectivity index (χ2v) is 9.83. The van der Waals surface area contributed by atoms with Gasteiger partial charge < -0.3 is 16.0 Å². The zero-order chi connectivity index (χ0) is 22.5. The summed E-state index contributed by atoms with van der Waals surface area (Å²) < 4.78 is 0. The number of amides is 2. The third-order valence-corrected chi connectivity index (χ3v) is 7.28. The Morgan fingerprint density at radius 2 is 1.90 bits per heavy atom. The van der Waals surface area contributed by atoms with Crippen LogP contribution < -0.4 is 11.1 Å². The largest absolute Gasteiger partial charge is 0.369 e. The van der Waals surface area contributed by atoms with Gasteiger partial charge in [0.15, 0.2) is 0 Å². The normalized spacial score (nSPS) is 23.5. The summed E-state index contributed by atoms with van der Waals surface area (Å²) in [5.74, 6) is -0.0169. The zero-order valence-corrected chi connectivity index (χ0v) is 18.9. The molecule has 2 unspecified atom stereocenters. The molecule has 3 rings (SSSR count). The average Bonchev–Trinajstić information content (AvgIpc) is 2.79. The number of hydrogen-bond acceptors (Lipinski definition) is 4. The van der Waals surface area contributed by atoms with Gasteiger partial charge in [0.05, 0.1) is 6.07 Å². The maximum Gasteiger partial charge on any atom is 0.224 e. The average molecular weight is 425 g/mol. The van der Waals surface area contributed by atoms with Crippen molar-refractivity contribution in [3.05, 3.63) is 35.9 Å². The summed E-state index contributed by atoms with van der Waals surface area (Å²) in [5.41, 5.74) is 5.32. The van der Waals surface area contributed by atoms with Gasteiger partial charge in [-0.25, -0.2) is 0 Å². The van der Waals surface area contributed by atoms with Gasteiger partial charge in [0.25, 0.3) is 0 Å². The highest BCUT2D eigenvalue weighted by Crippen LogP contribution is 2.40. The zero-order valence-electron chi connectivity index (χ0n) is 18.9. The summed E-state index contributed by atoms with van der Waals surface area (Å²) in [7, 11) is 0. The number of nitrogens with two attached hydrogens (primary N) is 1. The number of carbonyl (C=O) groups is 2. The van der Waals surface area contributed by atoms with Crippen molar-refractivity contribution in [1.82, 2.24) is 10.2 Å². The molecule has 2 atom stereocenters. The lowest BCUT2D eigenvalue weighted by molar-refractivity contribution is -0.142. The molecule has 1 aromatic carbocycles. The predicted molar refractivity (Wildman–Crippen MR) is 121 cm³/mol. The Hall–Kier alpha value is -2.39. The van der Waals surface area contributed by atoms with Gasteiger partial charge in [-0.3, -0.25) is 9.59 Å². The second-order valence-electron chi connectivity index (χ2n) is 9.83. The smallest absolute Gasteiger partial charge is 0.224 e. The quantitative estimate of drug-likeness (QED) is 0.700. The molecule has 6 heteroatoms. The van der Waals surface area contributed by atoms with E-state index >= 15 is 0 Å². The van der Waals surface area contributed by atoms with E-state index in [-0.39, 0.29) is 18.4 Å². The summed E-state index contributed by atoms with van der Waals surface area (Å²) in [6.07, 6.45) is 5.86. The first-order valence-corrected chi connectivity index (χ1v) is 11.6. The van der Waals surface area contributed by atoms with Crippen molar-refractivity contribution in [3.8, 4) is 6.07 Å². The number of piperidine rings is 1. The van der Waals surface area contributed by atoms with E-state index in [0.29, 0.717) is 25.2 Å². The lowest BCUT2D eigenvalue weighted by Gasteiger charge is -2.48. The number of carbonyl (C=O) groups excluding carboxylic acids is 2. The first-order valence-electron chi connectivity index (χ1n) is 11.6. The molecular weight excluding hydrogens is 388 g/mol. The van der Waals surface area contributed by atoms with Gasteiger partial charge in [0.2, 0.25) is 11.8 Å². The van der Waals surface area contributed by atoms with Gasteiger partial charge in [-0.2, -0.15) is 5.26 Å². The maximum absolute atomic E-state index is 13.6. The molecule has 3 N–H and O–H groups in total. The van der Waals surface area contributed by atoms with Crippen molar-refractivity contribution in [3.63, 3.8) is 0 Å². The summed E-state index contributed by atoms with van der Waals surface area (Å²) in [4.78, 5) is 27.3. The summed E-state index contributed by atoms with van der Waals surface area (Å²) in [6, 6.07) is 13.1. The fourth-order valence-corrected chi connectivity index (χ4v) is 5.13. The molecule has 168 valence electrons. The van der Waals surface area contributed by atoms with Crippen LogP contribution in [0, 0.1) is 16.7 Å². The number of primary amides is 1. The highest BCUT2D eigenvalue weighted by atomic mass is 16.2. The number of benzene rings is 1. The minimum absolute atomic E-state index is 0.0171. The van der Waals surface area contributed by atoms with Gasteiger partial charge in [0, 0.05) is 17.9 Å². The van der Waals surface area contributed by atoms with E-state index in [4.69, 9.17) is 5.73 Å². The van der Waals surface area contributed by atoms with Crippen LogP contribution in [0.3, 0.4) is 0 Å².